The van der Waals surface area contributed by atoms with Gasteiger partial charge in [-0.15, -0.1) is 0 Å². The van der Waals surface area contributed by atoms with E-state index < -0.39 is 17.9 Å². The number of carboxylic acids is 1. The second-order valence-electron chi connectivity index (χ2n) is 4.09. The molecule has 0 radical (unpaired) electrons. The van der Waals surface area contributed by atoms with Gasteiger partial charge in [-0.2, -0.15) is 0 Å². The fourth-order valence-electron chi connectivity index (χ4n) is 1.63. The van der Waals surface area contributed by atoms with Crippen LogP contribution in [0.25, 0.3) is 0 Å². The molecule has 0 bridgehead atoms. The summed E-state index contributed by atoms with van der Waals surface area (Å²) in [5, 5.41) is 11.9. The van der Waals surface area contributed by atoms with Crippen LogP contribution in [0.5, 0.6) is 0 Å². The van der Waals surface area contributed by atoms with Crippen molar-refractivity contribution in [1.82, 2.24) is 4.98 Å². The number of pyridine rings is 1. The SMILES string of the molecule is NC(=O)c1ccnc(NC(C(=O)O)C2CC2)c1. The van der Waals surface area contributed by atoms with Crippen LogP contribution in [0.1, 0.15) is 23.2 Å². The van der Waals surface area contributed by atoms with E-state index in [1.165, 1.54) is 18.3 Å². The van der Waals surface area contributed by atoms with Crippen molar-refractivity contribution in [2.24, 2.45) is 11.7 Å². The van der Waals surface area contributed by atoms with Gasteiger partial charge in [-0.05, 0) is 30.9 Å². The van der Waals surface area contributed by atoms with Crippen LogP contribution in [0.15, 0.2) is 18.3 Å². The molecule has 1 amide bonds. The topological polar surface area (TPSA) is 105 Å². The molecular formula is C11H13N3O3. The van der Waals surface area contributed by atoms with Crippen molar-refractivity contribution in [2.75, 3.05) is 5.32 Å². The molecule has 1 saturated carbocycles. The number of anilines is 1. The molecule has 17 heavy (non-hydrogen) atoms. The Morgan fingerprint density at radius 3 is 2.76 bits per heavy atom. The Balaban J connectivity index is 2.14. The number of nitrogens with zero attached hydrogens (tertiary/aromatic N) is 1. The summed E-state index contributed by atoms with van der Waals surface area (Å²) in [6, 6.07) is 2.30. The van der Waals surface area contributed by atoms with Gasteiger partial charge >= 0.3 is 5.97 Å². The maximum Gasteiger partial charge on any atom is 0.326 e. The predicted octanol–water partition coefficient (Wildman–Crippen LogP) is 0.456. The zero-order valence-electron chi connectivity index (χ0n) is 9.09. The van der Waals surface area contributed by atoms with Gasteiger partial charge in [-0.25, -0.2) is 9.78 Å². The molecule has 1 aliphatic carbocycles. The van der Waals surface area contributed by atoms with Gasteiger partial charge in [0.2, 0.25) is 5.91 Å². The van der Waals surface area contributed by atoms with E-state index >= 15 is 0 Å². The molecule has 6 heteroatoms. The third kappa shape index (κ3) is 2.72. The molecule has 1 atom stereocenters. The van der Waals surface area contributed by atoms with Gasteiger partial charge in [0.1, 0.15) is 11.9 Å². The highest BCUT2D eigenvalue weighted by molar-refractivity contribution is 5.93. The fourth-order valence-corrected chi connectivity index (χ4v) is 1.63. The maximum absolute atomic E-state index is 11.0. The summed E-state index contributed by atoms with van der Waals surface area (Å²) in [4.78, 5) is 26.0. The molecule has 1 heterocycles. The predicted molar refractivity (Wildman–Crippen MR) is 60.5 cm³/mol. The maximum atomic E-state index is 11.0. The van der Waals surface area contributed by atoms with Crippen LogP contribution in [0.3, 0.4) is 0 Å². The zero-order valence-corrected chi connectivity index (χ0v) is 9.09. The first-order valence-electron chi connectivity index (χ1n) is 5.33. The first kappa shape index (κ1) is 11.4. The number of primary amides is 1. The highest BCUT2D eigenvalue weighted by Gasteiger charge is 2.36. The zero-order chi connectivity index (χ0) is 12.4. The van der Waals surface area contributed by atoms with Gasteiger partial charge in [-0.1, -0.05) is 0 Å². The number of hydrogen-bond acceptors (Lipinski definition) is 4. The molecule has 1 aromatic heterocycles. The normalized spacial score (nSPS) is 16.2. The second kappa shape index (κ2) is 4.40. The lowest BCUT2D eigenvalue weighted by molar-refractivity contribution is -0.138. The lowest BCUT2D eigenvalue weighted by atomic mass is 10.2. The second-order valence-corrected chi connectivity index (χ2v) is 4.09. The Kier molecular flexibility index (Phi) is 2.95. The van der Waals surface area contributed by atoms with Crippen LogP contribution >= 0.6 is 0 Å². The third-order valence-electron chi connectivity index (χ3n) is 2.71. The number of aromatic nitrogens is 1. The minimum atomic E-state index is -0.904. The van der Waals surface area contributed by atoms with Crippen molar-refractivity contribution >= 4 is 17.7 Å². The van der Waals surface area contributed by atoms with Gasteiger partial charge in [-0.3, -0.25) is 4.79 Å². The highest BCUT2D eigenvalue weighted by Crippen LogP contribution is 2.34. The Morgan fingerprint density at radius 1 is 1.53 bits per heavy atom. The molecule has 0 saturated heterocycles. The van der Waals surface area contributed by atoms with E-state index in [0.29, 0.717) is 11.4 Å². The number of nitrogens with two attached hydrogens (primary N) is 1. The minimum Gasteiger partial charge on any atom is -0.480 e. The van der Waals surface area contributed by atoms with Gasteiger partial charge < -0.3 is 16.2 Å². The molecule has 0 aromatic carbocycles. The lowest BCUT2D eigenvalue weighted by Crippen LogP contribution is -2.31. The number of amides is 1. The van der Waals surface area contributed by atoms with E-state index in [4.69, 9.17) is 10.8 Å². The Hall–Kier alpha value is -2.11. The van der Waals surface area contributed by atoms with Gasteiger partial charge in [0, 0.05) is 11.8 Å². The quantitative estimate of drug-likeness (QED) is 0.687. The number of carbonyl (C=O) groups is 2. The molecule has 1 aromatic rings. The van der Waals surface area contributed by atoms with E-state index in [9.17, 15) is 9.59 Å². The Labute approximate surface area is 97.8 Å². The van der Waals surface area contributed by atoms with Gasteiger partial charge in [0.25, 0.3) is 0 Å². The van der Waals surface area contributed by atoms with Crippen molar-refractivity contribution in [3.05, 3.63) is 23.9 Å². The van der Waals surface area contributed by atoms with Crippen LogP contribution in [0, 0.1) is 5.92 Å². The molecule has 6 nitrogen and oxygen atoms in total. The van der Waals surface area contributed by atoms with E-state index in [-0.39, 0.29) is 5.92 Å². The standard InChI is InChI=1S/C11H13N3O3/c12-10(15)7-3-4-13-8(5-7)14-9(11(16)17)6-1-2-6/h3-6,9H,1-2H2,(H2,12,15)(H,13,14)(H,16,17). The molecule has 1 unspecified atom stereocenters. The van der Waals surface area contributed by atoms with Crippen molar-refractivity contribution in [1.29, 1.82) is 0 Å². The van der Waals surface area contributed by atoms with Crippen LogP contribution in [-0.4, -0.2) is 28.0 Å². The monoisotopic (exact) mass is 235 g/mol. The molecule has 1 fully saturated rings. The van der Waals surface area contributed by atoms with Crippen LogP contribution in [0.2, 0.25) is 0 Å². The minimum absolute atomic E-state index is 0.145. The van der Waals surface area contributed by atoms with Crippen molar-refractivity contribution < 1.29 is 14.7 Å². The summed E-state index contributed by atoms with van der Waals surface area (Å²) >= 11 is 0. The van der Waals surface area contributed by atoms with E-state index in [0.717, 1.165) is 12.8 Å². The average Bonchev–Trinajstić information content (AvgIpc) is 3.09. The third-order valence-corrected chi connectivity index (χ3v) is 2.71. The number of hydrogen-bond donors (Lipinski definition) is 3. The number of carboxylic acid groups (broad SMARTS) is 1. The molecule has 4 N–H and O–H groups in total. The van der Waals surface area contributed by atoms with Crippen LogP contribution in [-0.2, 0) is 4.79 Å². The van der Waals surface area contributed by atoms with E-state index in [1.54, 1.807) is 0 Å². The summed E-state index contributed by atoms with van der Waals surface area (Å²) in [5.74, 6) is -0.959. The molecule has 1 aliphatic rings. The number of carbonyl (C=O) groups excluding carboxylic acids is 1. The number of rotatable bonds is 5. The summed E-state index contributed by atoms with van der Waals surface area (Å²) in [7, 11) is 0. The summed E-state index contributed by atoms with van der Waals surface area (Å²) in [6.07, 6.45) is 3.23. The van der Waals surface area contributed by atoms with Crippen LogP contribution in [0.4, 0.5) is 5.82 Å². The van der Waals surface area contributed by atoms with Crippen molar-refractivity contribution in [3.8, 4) is 0 Å². The molecule has 90 valence electrons. The smallest absolute Gasteiger partial charge is 0.326 e. The number of aliphatic carboxylic acids is 1. The van der Waals surface area contributed by atoms with Crippen molar-refractivity contribution in [2.45, 2.75) is 18.9 Å². The van der Waals surface area contributed by atoms with Crippen LogP contribution < -0.4 is 11.1 Å². The van der Waals surface area contributed by atoms with E-state index in [2.05, 4.69) is 10.3 Å². The molecular weight excluding hydrogens is 222 g/mol. The molecule has 2 rings (SSSR count). The molecule has 0 aliphatic heterocycles. The fraction of sp³-hybridized carbons (Fsp3) is 0.364. The lowest BCUT2D eigenvalue weighted by Gasteiger charge is -2.14. The molecule has 0 spiro atoms. The number of nitrogens with one attached hydrogen (secondary N) is 1. The first-order chi connectivity index (χ1) is 8.08. The van der Waals surface area contributed by atoms with Gasteiger partial charge in [0.15, 0.2) is 0 Å². The summed E-state index contributed by atoms with van der Waals surface area (Å²) in [5.41, 5.74) is 5.44. The largest absolute Gasteiger partial charge is 0.480 e. The van der Waals surface area contributed by atoms with Crippen molar-refractivity contribution in [3.63, 3.8) is 0 Å². The van der Waals surface area contributed by atoms with E-state index in [1.807, 2.05) is 0 Å². The first-order valence-corrected chi connectivity index (χ1v) is 5.33. The highest BCUT2D eigenvalue weighted by atomic mass is 16.4. The van der Waals surface area contributed by atoms with Gasteiger partial charge in [0.05, 0.1) is 0 Å². The summed E-state index contributed by atoms with van der Waals surface area (Å²) in [6.45, 7) is 0. The summed E-state index contributed by atoms with van der Waals surface area (Å²) < 4.78 is 0. The average molecular weight is 235 g/mol. The Morgan fingerprint density at radius 2 is 2.24 bits per heavy atom. The Bertz CT molecular complexity index is 457.